The highest BCUT2D eigenvalue weighted by molar-refractivity contribution is 9.10. The predicted molar refractivity (Wildman–Crippen MR) is 75.3 cm³/mol. The first-order valence-electron chi connectivity index (χ1n) is 6.01. The molecule has 0 atom stereocenters. The van der Waals surface area contributed by atoms with Crippen LogP contribution in [-0.4, -0.2) is 24.5 Å². The summed E-state index contributed by atoms with van der Waals surface area (Å²) < 4.78 is 14.2. The Labute approximate surface area is 115 Å². The summed E-state index contributed by atoms with van der Waals surface area (Å²) in [7, 11) is 1.71. The summed E-state index contributed by atoms with van der Waals surface area (Å²) in [5, 5.41) is 2.56. The Morgan fingerprint density at radius 2 is 2.17 bits per heavy atom. The molecule has 5 heteroatoms. The van der Waals surface area contributed by atoms with E-state index >= 15 is 0 Å². The van der Waals surface area contributed by atoms with Gasteiger partial charge in [0.1, 0.15) is 5.82 Å². The number of urea groups is 1. The third kappa shape index (κ3) is 4.64. The van der Waals surface area contributed by atoms with Crippen LogP contribution in [0.4, 0.5) is 14.9 Å². The molecule has 0 aliphatic rings. The number of amides is 2. The molecular weight excluding hydrogens is 299 g/mol. The van der Waals surface area contributed by atoms with Gasteiger partial charge in [-0.15, -0.1) is 0 Å². The first-order valence-corrected chi connectivity index (χ1v) is 6.81. The van der Waals surface area contributed by atoms with Crippen molar-refractivity contribution >= 4 is 27.6 Å². The molecule has 1 aromatic carbocycles. The Morgan fingerprint density at radius 3 is 2.78 bits per heavy atom. The first-order chi connectivity index (χ1) is 8.54. The number of carbonyl (C=O) groups is 1. The summed E-state index contributed by atoms with van der Waals surface area (Å²) >= 11 is 3.17. The summed E-state index contributed by atoms with van der Waals surface area (Å²) in [6.45, 7) is 2.79. The molecule has 0 unspecified atom stereocenters. The normalized spacial score (nSPS) is 10.2. The fourth-order valence-electron chi connectivity index (χ4n) is 1.50. The van der Waals surface area contributed by atoms with Crippen LogP contribution in [0.3, 0.4) is 0 Å². The van der Waals surface area contributed by atoms with Gasteiger partial charge in [-0.3, -0.25) is 0 Å². The van der Waals surface area contributed by atoms with Crippen LogP contribution >= 0.6 is 15.9 Å². The molecule has 0 radical (unpaired) electrons. The number of unbranched alkanes of at least 4 members (excludes halogenated alkanes) is 2. The van der Waals surface area contributed by atoms with E-state index in [1.807, 2.05) is 0 Å². The third-order valence-electron chi connectivity index (χ3n) is 2.62. The van der Waals surface area contributed by atoms with E-state index in [2.05, 4.69) is 28.2 Å². The van der Waals surface area contributed by atoms with Crippen molar-refractivity contribution in [1.82, 2.24) is 4.90 Å². The smallest absolute Gasteiger partial charge is 0.321 e. The molecule has 0 aliphatic carbocycles. The highest BCUT2D eigenvalue weighted by atomic mass is 79.9. The van der Waals surface area contributed by atoms with Gasteiger partial charge in [-0.25, -0.2) is 9.18 Å². The van der Waals surface area contributed by atoms with Crippen LogP contribution in [0.2, 0.25) is 0 Å². The summed E-state index contributed by atoms with van der Waals surface area (Å²) in [4.78, 5) is 13.3. The highest BCUT2D eigenvalue weighted by Crippen LogP contribution is 2.19. The number of carbonyl (C=O) groups excluding carboxylic acids is 1. The zero-order valence-electron chi connectivity index (χ0n) is 10.7. The molecule has 0 fully saturated rings. The summed E-state index contributed by atoms with van der Waals surface area (Å²) in [5.74, 6) is -0.445. The van der Waals surface area contributed by atoms with Crippen molar-refractivity contribution in [3.63, 3.8) is 0 Å². The Kier molecular flexibility index (Phi) is 6.12. The second-order valence-corrected chi connectivity index (χ2v) is 5.10. The van der Waals surface area contributed by atoms with Crippen molar-refractivity contribution in [3.05, 3.63) is 28.5 Å². The van der Waals surface area contributed by atoms with Gasteiger partial charge in [-0.1, -0.05) is 35.7 Å². The largest absolute Gasteiger partial charge is 0.328 e. The molecule has 1 rings (SSSR count). The second kappa shape index (κ2) is 7.36. The third-order valence-corrected chi connectivity index (χ3v) is 3.11. The number of rotatable bonds is 5. The Bertz CT molecular complexity index is 412. The van der Waals surface area contributed by atoms with Gasteiger partial charge in [0.15, 0.2) is 0 Å². The molecule has 0 aromatic heterocycles. The van der Waals surface area contributed by atoms with Gasteiger partial charge >= 0.3 is 6.03 Å². The lowest BCUT2D eigenvalue weighted by molar-refractivity contribution is 0.221. The zero-order valence-corrected chi connectivity index (χ0v) is 12.3. The lowest BCUT2D eigenvalue weighted by atomic mass is 10.2. The molecule has 18 heavy (non-hydrogen) atoms. The fourth-order valence-corrected chi connectivity index (χ4v) is 1.84. The number of hydrogen-bond donors (Lipinski definition) is 1. The second-order valence-electron chi connectivity index (χ2n) is 4.18. The van der Waals surface area contributed by atoms with E-state index in [1.54, 1.807) is 18.0 Å². The Hall–Kier alpha value is -1.10. The maximum Gasteiger partial charge on any atom is 0.321 e. The van der Waals surface area contributed by atoms with Crippen molar-refractivity contribution in [2.45, 2.75) is 26.2 Å². The van der Waals surface area contributed by atoms with Crippen LogP contribution < -0.4 is 5.32 Å². The Morgan fingerprint density at radius 1 is 1.44 bits per heavy atom. The van der Waals surface area contributed by atoms with Crippen LogP contribution in [0.1, 0.15) is 26.2 Å². The SMILES string of the molecule is CCCCCN(C)C(=O)Nc1ccc(Br)cc1F. The minimum Gasteiger partial charge on any atom is -0.328 e. The number of halogens is 2. The van der Waals surface area contributed by atoms with E-state index < -0.39 is 5.82 Å². The quantitative estimate of drug-likeness (QED) is 0.809. The van der Waals surface area contributed by atoms with Gasteiger partial charge in [0.25, 0.3) is 0 Å². The number of nitrogens with one attached hydrogen (secondary N) is 1. The van der Waals surface area contributed by atoms with Gasteiger partial charge in [0, 0.05) is 18.1 Å². The van der Waals surface area contributed by atoms with Gasteiger partial charge in [0.05, 0.1) is 5.69 Å². The van der Waals surface area contributed by atoms with E-state index in [9.17, 15) is 9.18 Å². The highest BCUT2D eigenvalue weighted by Gasteiger charge is 2.11. The monoisotopic (exact) mass is 316 g/mol. The fraction of sp³-hybridized carbons (Fsp3) is 0.462. The molecule has 100 valence electrons. The summed E-state index contributed by atoms with van der Waals surface area (Å²) in [5.41, 5.74) is 0.200. The maximum atomic E-state index is 13.5. The van der Waals surface area contributed by atoms with Crippen molar-refractivity contribution < 1.29 is 9.18 Å². The van der Waals surface area contributed by atoms with Crippen molar-refractivity contribution in [3.8, 4) is 0 Å². The van der Waals surface area contributed by atoms with Crippen molar-refractivity contribution in [2.24, 2.45) is 0 Å². The van der Waals surface area contributed by atoms with Crippen LogP contribution in [0.15, 0.2) is 22.7 Å². The van der Waals surface area contributed by atoms with Crippen LogP contribution in [0.5, 0.6) is 0 Å². The maximum absolute atomic E-state index is 13.5. The minimum atomic E-state index is -0.445. The summed E-state index contributed by atoms with van der Waals surface area (Å²) in [6.07, 6.45) is 3.16. The molecule has 1 aromatic rings. The molecule has 0 aliphatic heterocycles. The Balaban J connectivity index is 2.53. The van der Waals surface area contributed by atoms with Crippen molar-refractivity contribution in [1.29, 1.82) is 0 Å². The zero-order chi connectivity index (χ0) is 13.5. The average Bonchev–Trinajstić information content (AvgIpc) is 2.32. The topological polar surface area (TPSA) is 32.3 Å². The van der Waals surface area contributed by atoms with Gasteiger partial charge < -0.3 is 10.2 Å². The van der Waals surface area contributed by atoms with E-state index in [-0.39, 0.29) is 11.7 Å². The van der Waals surface area contributed by atoms with Crippen LogP contribution in [-0.2, 0) is 0 Å². The van der Waals surface area contributed by atoms with Gasteiger partial charge in [0.2, 0.25) is 0 Å². The predicted octanol–water partition coefficient (Wildman–Crippen LogP) is 4.24. The van der Waals surface area contributed by atoms with E-state index in [4.69, 9.17) is 0 Å². The van der Waals surface area contributed by atoms with Crippen molar-refractivity contribution in [2.75, 3.05) is 18.9 Å². The minimum absolute atomic E-state index is 0.200. The number of anilines is 1. The molecule has 0 saturated carbocycles. The van der Waals surface area contributed by atoms with Crippen LogP contribution in [0.25, 0.3) is 0 Å². The van der Waals surface area contributed by atoms with Gasteiger partial charge in [-0.2, -0.15) is 0 Å². The van der Waals surface area contributed by atoms with Gasteiger partial charge in [-0.05, 0) is 24.6 Å². The molecule has 0 saturated heterocycles. The molecule has 0 heterocycles. The standard InChI is InChI=1S/C13H18BrFN2O/c1-3-4-5-8-17(2)13(18)16-12-7-6-10(14)9-11(12)15/h6-7,9H,3-5,8H2,1-2H3,(H,16,18). The van der Waals surface area contributed by atoms with E-state index in [1.165, 1.54) is 12.1 Å². The van der Waals surface area contributed by atoms with E-state index in [0.29, 0.717) is 11.0 Å². The molecule has 3 nitrogen and oxygen atoms in total. The number of nitrogens with zero attached hydrogens (tertiary/aromatic N) is 1. The lowest BCUT2D eigenvalue weighted by Gasteiger charge is -2.18. The average molecular weight is 317 g/mol. The molecule has 0 bridgehead atoms. The number of benzene rings is 1. The lowest BCUT2D eigenvalue weighted by Crippen LogP contribution is -2.32. The van der Waals surface area contributed by atoms with Crippen LogP contribution in [0, 0.1) is 5.82 Å². The van der Waals surface area contributed by atoms with E-state index in [0.717, 1.165) is 19.3 Å². The molecule has 1 N–H and O–H groups in total. The molecule has 0 spiro atoms. The molecule has 2 amide bonds. The number of hydrogen-bond acceptors (Lipinski definition) is 1. The molecular formula is C13H18BrFN2O. The first kappa shape index (κ1) is 15.0. The summed E-state index contributed by atoms with van der Waals surface area (Å²) in [6, 6.07) is 4.27.